The van der Waals surface area contributed by atoms with Gasteiger partial charge in [0.15, 0.2) is 0 Å². The molecule has 3 N–H and O–H groups in total. The largest absolute Gasteiger partial charge is 0.492 e. The van der Waals surface area contributed by atoms with Crippen molar-refractivity contribution in [1.82, 2.24) is 15.2 Å². The Labute approximate surface area is 162 Å². The molecule has 7 nitrogen and oxygen atoms in total. The molecule has 1 aromatic carbocycles. The number of amides is 2. The first-order chi connectivity index (χ1) is 12.2. The maximum atomic E-state index is 12.2. The smallest absolute Gasteiger partial charge is 0.271 e. The number of hydrogen-bond donors (Lipinski definition) is 2. The minimum absolute atomic E-state index is 0. The maximum absolute atomic E-state index is 12.2. The molecule has 140 valence electrons. The summed E-state index contributed by atoms with van der Waals surface area (Å²) in [5.41, 5.74) is 5.86. The van der Waals surface area contributed by atoms with E-state index in [1.54, 1.807) is 10.3 Å². The highest BCUT2D eigenvalue weighted by atomic mass is 35.5. The molecular weight excluding hydrogens is 376 g/mol. The SMILES string of the molecule is Cl.NCc1nc(C(=O)NC2CC(=O)N(CCOc3ccccc3)C2)cs1. The molecule has 26 heavy (non-hydrogen) atoms. The topological polar surface area (TPSA) is 97.5 Å². The summed E-state index contributed by atoms with van der Waals surface area (Å²) in [6.07, 6.45) is 0.297. The van der Waals surface area contributed by atoms with Gasteiger partial charge in [0.25, 0.3) is 5.91 Å². The number of para-hydroxylation sites is 1. The van der Waals surface area contributed by atoms with Gasteiger partial charge in [0.1, 0.15) is 23.1 Å². The number of nitrogens with one attached hydrogen (secondary N) is 1. The van der Waals surface area contributed by atoms with Gasteiger partial charge in [0.2, 0.25) is 5.91 Å². The van der Waals surface area contributed by atoms with Gasteiger partial charge in [0.05, 0.1) is 12.6 Å². The Hall–Kier alpha value is -2.16. The van der Waals surface area contributed by atoms with Crippen molar-refractivity contribution in [2.75, 3.05) is 19.7 Å². The number of carbonyl (C=O) groups excluding carboxylic acids is 2. The van der Waals surface area contributed by atoms with E-state index in [1.807, 2.05) is 30.3 Å². The van der Waals surface area contributed by atoms with Crippen LogP contribution >= 0.6 is 23.7 Å². The van der Waals surface area contributed by atoms with Crippen LogP contribution in [-0.4, -0.2) is 47.4 Å². The highest BCUT2D eigenvalue weighted by molar-refractivity contribution is 7.09. The summed E-state index contributed by atoms with van der Waals surface area (Å²) in [5, 5.41) is 5.26. The second-order valence-electron chi connectivity index (χ2n) is 5.71. The van der Waals surface area contributed by atoms with Gasteiger partial charge in [0, 0.05) is 24.9 Å². The summed E-state index contributed by atoms with van der Waals surface area (Å²) in [6, 6.07) is 9.26. The molecule has 1 fully saturated rings. The van der Waals surface area contributed by atoms with E-state index in [0.717, 1.165) is 5.75 Å². The summed E-state index contributed by atoms with van der Waals surface area (Å²) in [5.74, 6) is 0.525. The molecule has 0 spiro atoms. The van der Waals surface area contributed by atoms with Crippen LogP contribution in [0.15, 0.2) is 35.7 Å². The lowest BCUT2D eigenvalue weighted by molar-refractivity contribution is -0.128. The normalized spacial score (nSPS) is 16.3. The predicted octanol–water partition coefficient (Wildman–Crippen LogP) is 1.43. The summed E-state index contributed by atoms with van der Waals surface area (Å²) in [4.78, 5) is 30.1. The first-order valence-corrected chi connectivity index (χ1v) is 8.94. The van der Waals surface area contributed by atoms with Crippen LogP contribution in [0.4, 0.5) is 0 Å². The number of benzene rings is 1. The van der Waals surface area contributed by atoms with E-state index in [-0.39, 0.29) is 30.3 Å². The molecule has 1 atom stereocenters. The van der Waals surface area contributed by atoms with Crippen LogP contribution in [0.5, 0.6) is 5.75 Å². The molecular formula is C17H21ClN4O3S. The highest BCUT2D eigenvalue weighted by Crippen LogP contribution is 2.14. The summed E-state index contributed by atoms with van der Waals surface area (Å²) >= 11 is 1.36. The molecule has 2 aromatic rings. The van der Waals surface area contributed by atoms with Gasteiger partial charge in [-0.05, 0) is 12.1 Å². The van der Waals surface area contributed by atoms with Crippen molar-refractivity contribution in [3.05, 3.63) is 46.4 Å². The van der Waals surface area contributed by atoms with Crippen LogP contribution in [0.25, 0.3) is 0 Å². The van der Waals surface area contributed by atoms with E-state index >= 15 is 0 Å². The fourth-order valence-corrected chi connectivity index (χ4v) is 3.30. The van der Waals surface area contributed by atoms with Crippen LogP contribution in [0.1, 0.15) is 21.9 Å². The van der Waals surface area contributed by atoms with Crippen molar-refractivity contribution < 1.29 is 14.3 Å². The number of likely N-dealkylation sites (tertiary alicyclic amines) is 1. The minimum atomic E-state index is -0.267. The van der Waals surface area contributed by atoms with E-state index in [9.17, 15) is 9.59 Å². The molecule has 1 unspecified atom stereocenters. The second kappa shape index (κ2) is 9.51. The first kappa shape index (κ1) is 20.2. The Morgan fingerprint density at radius 1 is 1.38 bits per heavy atom. The van der Waals surface area contributed by atoms with Crippen molar-refractivity contribution in [2.45, 2.75) is 19.0 Å². The number of nitrogens with two attached hydrogens (primary N) is 1. The number of ether oxygens (including phenoxy) is 1. The third kappa shape index (κ3) is 5.17. The maximum Gasteiger partial charge on any atom is 0.271 e. The van der Waals surface area contributed by atoms with Crippen molar-refractivity contribution >= 4 is 35.6 Å². The average Bonchev–Trinajstić information content (AvgIpc) is 3.23. The molecule has 2 amide bonds. The standard InChI is InChI=1S/C17H20N4O3S.ClH/c18-9-15-20-14(11-25-15)17(23)19-12-8-16(22)21(10-12)6-7-24-13-4-2-1-3-5-13;/h1-5,11-12H,6-10,18H2,(H,19,23);1H. The van der Waals surface area contributed by atoms with E-state index in [4.69, 9.17) is 10.5 Å². The van der Waals surface area contributed by atoms with Gasteiger partial charge in [-0.25, -0.2) is 4.98 Å². The van der Waals surface area contributed by atoms with E-state index < -0.39 is 0 Å². The Kier molecular flexibility index (Phi) is 7.38. The number of aromatic nitrogens is 1. The lowest BCUT2D eigenvalue weighted by atomic mass is 10.2. The minimum Gasteiger partial charge on any atom is -0.492 e. The number of hydrogen-bond acceptors (Lipinski definition) is 6. The zero-order valence-corrected chi connectivity index (χ0v) is 15.7. The van der Waals surface area contributed by atoms with Crippen LogP contribution in [0, 0.1) is 0 Å². The Morgan fingerprint density at radius 2 is 2.15 bits per heavy atom. The Balaban J connectivity index is 0.00000243. The van der Waals surface area contributed by atoms with Gasteiger partial charge in [-0.2, -0.15) is 0 Å². The average molecular weight is 397 g/mol. The predicted molar refractivity (Wildman–Crippen MR) is 102 cm³/mol. The Bertz CT molecular complexity index is 741. The molecule has 1 aliphatic rings. The van der Waals surface area contributed by atoms with Gasteiger partial charge >= 0.3 is 0 Å². The van der Waals surface area contributed by atoms with Crippen molar-refractivity contribution in [3.63, 3.8) is 0 Å². The number of rotatable bonds is 7. The zero-order valence-electron chi connectivity index (χ0n) is 14.1. The molecule has 0 bridgehead atoms. The van der Waals surface area contributed by atoms with Gasteiger partial charge in [-0.15, -0.1) is 23.7 Å². The fraction of sp³-hybridized carbons (Fsp3) is 0.353. The van der Waals surface area contributed by atoms with Crippen LogP contribution in [0.2, 0.25) is 0 Å². The zero-order chi connectivity index (χ0) is 17.6. The first-order valence-electron chi connectivity index (χ1n) is 8.06. The number of thiazole rings is 1. The molecule has 2 heterocycles. The highest BCUT2D eigenvalue weighted by Gasteiger charge is 2.30. The lowest BCUT2D eigenvalue weighted by Gasteiger charge is -2.17. The lowest BCUT2D eigenvalue weighted by Crippen LogP contribution is -2.38. The molecule has 1 aromatic heterocycles. The van der Waals surface area contributed by atoms with Crippen molar-refractivity contribution in [3.8, 4) is 5.75 Å². The molecule has 1 aliphatic heterocycles. The van der Waals surface area contributed by atoms with Crippen LogP contribution in [0.3, 0.4) is 0 Å². The molecule has 0 saturated carbocycles. The van der Waals surface area contributed by atoms with E-state index in [0.29, 0.717) is 43.4 Å². The monoisotopic (exact) mass is 396 g/mol. The molecule has 3 rings (SSSR count). The number of nitrogens with zero attached hydrogens (tertiary/aromatic N) is 2. The quantitative estimate of drug-likeness (QED) is 0.737. The van der Waals surface area contributed by atoms with E-state index in [2.05, 4.69) is 10.3 Å². The van der Waals surface area contributed by atoms with Crippen LogP contribution in [-0.2, 0) is 11.3 Å². The summed E-state index contributed by atoms with van der Waals surface area (Å²) in [7, 11) is 0. The fourth-order valence-electron chi connectivity index (χ4n) is 2.64. The molecule has 0 radical (unpaired) electrons. The number of halogens is 1. The van der Waals surface area contributed by atoms with E-state index in [1.165, 1.54) is 11.3 Å². The van der Waals surface area contributed by atoms with Crippen LogP contribution < -0.4 is 15.8 Å². The molecule has 1 saturated heterocycles. The number of carbonyl (C=O) groups is 2. The molecule has 9 heteroatoms. The molecule has 0 aliphatic carbocycles. The third-order valence-corrected chi connectivity index (χ3v) is 4.75. The summed E-state index contributed by atoms with van der Waals surface area (Å²) in [6.45, 7) is 1.71. The summed E-state index contributed by atoms with van der Waals surface area (Å²) < 4.78 is 5.62. The van der Waals surface area contributed by atoms with Gasteiger partial charge in [-0.3, -0.25) is 9.59 Å². The third-order valence-electron chi connectivity index (χ3n) is 3.88. The van der Waals surface area contributed by atoms with Crippen molar-refractivity contribution in [2.24, 2.45) is 5.73 Å². The van der Waals surface area contributed by atoms with Crippen molar-refractivity contribution in [1.29, 1.82) is 0 Å². The Morgan fingerprint density at radius 3 is 2.85 bits per heavy atom. The van der Waals surface area contributed by atoms with Gasteiger partial charge in [-0.1, -0.05) is 18.2 Å². The second-order valence-corrected chi connectivity index (χ2v) is 6.65. The van der Waals surface area contributed by atoms with Gasteiger partial charge < -0.3 is 20.7 Å².